The molecule has 166 valence electrons. The number of amides is 1. The van der Waals surface area contributed by atoms with Gasteiger partial charge in [-0.3, -0.25) is 9.89 Å². The fourth-order valence-electron chi connectivity index (χ4n) is 4.46. The molecule has 5 rings (SSSR count). The van der Waals surface area contributed by atoms with Crippen LogP contribution in [0.4, 0.5) is 0 Å². The van der Waals surface area contributed by atoms with E-state index in [0.717, 1.165) is 23.3 Å². The van der Waals surface area contributed by atoms with Crippen LogP contribution in [0.25, 0.3) is 11.3 Å². The van der Waals surface area contributed by atoms with Gasteiger partial charge in [-0.1, -0.05) is 54.6 Å². The number of rotatable bonds is 7. The summed E-state index contributed by atoms with van der Waals surface area (Å²) in [6, 6.07) is 24.7. The molecule has 0 bridgehead atoms. The van der Waals surface area contributed by atoms with Crippen molar-refractivity contribution in [3.8, 4) is 22.8 Å². The minimum absolute atomic E-state index is 0.0889. The molecule has 1 aliphatic heterocycles. The number of aromatic nitrogens is 2. The number of ether oxygens (including phenoxy) is 1. The minimum atomic E-state index is -0.319. The Labute approximate surface area is 192 Å². The number of H-pyrrole nitrogens is 1. The number of hydrogen-bond acceptors (Lipinski definition) is 4. The van der Waals surface area contributed by atoms with Crippen molar-refractivity contribution in [3.05, 3.63) is 101 Å². The third-order valence-electron chi connectivity index (χ3n) is 6.01. The predicted octanol–water partition coefficient (Wildman–Crippen LogP) is 4.97. The van der Waals surface area contributed by atoms with Gasteiger partial charge in [-0.05, 0) is 48.7 Å². The maximum atomic E-state index is 13.5. The van der Waals surface area contributed by atoms with E-state index in [1.165, 1.54) is 5.56 Å². The first-order valence-corrected chi connectivity index (χ1v) is 11.1. The molecule has 0 aliphatic carbocycles. The Hall–Kier alpha value is -4.06. The molecule has 6 nitrogen and oxygen atoms in total. The van der Waals surface area contributed by atoms with E-state index in [9.17, 15) is 9.90 Å². The molecule has 0 spiro atoms. The summed E-state index contributed by atoms with van der Waals surface area (Å²) >= 11 is 0. The first kappa shape index (κ1) is 20.8. The predicted molar refractivity (Wildman–Crippen MR) is 126 cm³/mol. The molecule has 0 saturated heterocycles. The minimum Gasteiger partial charge on any atom is -0.507 e. The topological polar surface area (TPSA) is 78.5 Å². The summed E-state index contributed by atoms with van der Waals surface area (Å²) in [5.74, 6) is 0.830. The van der Waals surface area contributed by atoms with Gasteiger partial charge in [-0.2, -0.15) is 5.10 Å². The summed E-state index contributed by atoms with van der Waals surface area (Å²) in [6.45, 7) is 3.10. The highest BCUT2D eigenvalue weighted by atomic mass is 16.5. The SMILES string of the molecule is CCOc1ccc([C@@H]2c3c(-c4ccccc4O)n[nH]c3C(=O)N2CCc2ccccc2)cc1. The summed E-state index contributed by atoms with van der Waals surface area (Å²) in [4.78, 5) is 15.4. The van der Waals surface area contributed by atoms with Crippen molar-refractivity contribution in [2.75, 3.05) is 13.2 Å². The number of nitrogens with one attached hydrogen (secondary N) is 1. The van der Waals surface area contributed by atoms with E-state index in [4.69, 9.17) is 4.74 Å². The smallest absolute Gasteiger partial charge is 0.273 e. The Kier molecular flexibility index (Phi) is 5.57. The average molecular weight is 440 g/mol. The highest BCUT2D eigenvalue weighted by Gasteiger charge is 2.42. The van der Waals surface area contributed by atoms with Crippen LogP contribution in [0.15, 0.2) is 78.9 Å². The van der Waals surface area contributed by atoms with E-state index in [1.807, 2.05) is 66.4 Å². The lowest BCUT2D eigenvalue weighted by atomic mass is 9.95. The zero-order valence-electron chi connectivity index (χ0n) is 18.4. The number of benzene rings is 3. The van der Waals surface area contributed by atoms with E-state index in [1.54, 1.807) is 12.1 Å². The molecule has 1 atom stereocenters. The lowest BCUT2D eigenvalue weighted by Gasteiger charge is -2.26. The van der Waals surface area contributed by atoms with Crippen molar-refractivity contribution in [2.45, 2.75) is 19.4 Å². The Morgan fingerprint density at radius 1 is 1.00 bits per heavy atom. The third kappa shape index (κ3) is 3.84. The maximum Gasteiger partial charge on any atom is 0.273 e. The number of aromatic amines is 1. The van der Waals surface area contributed by atoms with Gasteiger partial charge in [-0.15, -0.1) is 0 Å². The van der Waals surface area contributed by atoms with Crippen LogP contribution < -0.4 is 4.74 Å². The van der Waals surface area contributed by atoms with Crippen molar-refractivity contribution in [1.29, 1.82) is 0 Å². The third-order valence-corrected chi connectivity index (χ3v) is 6.01. The highest BCUT2D eigenvalue weighted by Crippen LogP contribution is 2.44. The average Bonchev–Trinajstić information content (AvgIpc) is 3.38. The van der Waals surface area contributed by atoms with Crippen LogP contribution in [0.1, 0.15) is 40.1 Å². The molecule has 1 aliphatic rings. The fourth-order valence-corrected chi connectivity index (χ4v) is 4.46. The second kappa shape index (κ2) is 8.82. The van der Waals surface area contributed by atoms with Crippen molar-refractivity contribution in [1.82, 2.24) is 15.1 Å². The second-order valence-corrected chi connectivity index (χ2v) is 8.02. The Morgan fingerprint density at radius 2 is 1.73 bits per heavy atom. The van der Waals surface area contributed by atoms with Gasteiger partial charge in [0.15, 0.2) is 0 Å². The van der Waals surface area contributed by atoms with Crippen LogP contribution in [0.2, 0.25) is 0 Å². The van der Waals surface area contributed by atoms with Crippen LogP contribution in [-0.2, 0) is 6.42 Å². The maximum absolute atomic E-state index is 13.5. The van der Waals surface area contributed by atoms with E-state index in [2.05, 4.69) is 22.3 Å². The molecule has 4 aromatic rings. The van der Waals surface area contributed by atoms with Gasteiger partial charge in [0.05, 0.1) is 12.6 Å². The van der Waals surface area contributed by atoms with Crippen molar-refractivity contribution in [2.24, 2.45) is 0 Å². The van der Waals surface area contributed by atoms with Crippen LogP contribution in [0, 0.1) is 0 Å². The van der Waals surface area contributed by atoms with Gasteiger partial charge in [0.1, 0.15) is 22.9 Å². The summed E-state index contributed by atoms with van der Waals surface area (Å²) in [5.41, 5.74) is 4.60. The van der Waals surface area contributed by atoms with Gasteiger partial charge in [0.2, 0.25) is 0 Å². The number of phenols is 1. The van der Waals surface area contributed by atoms with Crippen molar-refractivity contribution in [3.63, 3.8) is 0 Å². The molecule has 6 heteroatoms. The molecular weight excluding hydrogens is 414 g/mol. The molecule has 3 aromatic carbocycles. The summed E-state index contributed by atoms with van der Waals surface area (Å²) < 4.78 is 5.61. The number of carbonyl (C=O) groups excluding carboxylic acids is 1. The van der Waals surface area contributed by atoms with Gasteiger partial charge < -0.3 is 14.7 Å². The normalized spacial score (nSPS) is 15.0. The van der Waals surface area contributed by atoms with Crippen LogP contribution in [-0.4, -0.2) is 39.3 Å². The number of phenolic OH excluding ortho intramolecular Hbond substituents is 1. The van der Waals surface area contributed by atoms with Crippen LogP contribution in [0.5, 0.6) is 11.5 Å². The molecule has 1 aromatic heterocycles. The first-order valence-electron chi connectivity index (χ1n) is 11.1. The van der Waals surface area contributed by atoms with E-state index < -0.39 is 0 Å². The molecule has 2 N–H and O–H groups in total. The molecular formula is C27H25N3O3. The summed E-state index contributed by atoms with van der Waals surface area (Å²) in [5, 5.41) is 17.9. The number of carbonyl (C=O) groups is 1. The van der Waals surface area contributed by atoms with Gasteiger partial charge in [-0.25, -0.2) is 0 Å². The second-order valence-electron chi connectivity index (χ2n) is 8.02. The molecule has 2 heterocycles. The Morgan fingerprint density at radius 3 is 2.45 bits per heavy atom. The van der Waals surface area contributed by atoms with E-state index in [-0.39, 0.29) is 17.7 Å². The number of nitrogens with zero attached hydrogens (tertiary/aromatic N) is 2. The largest absolute Gasteiger partial charge is 0.507 e. The van der Waals surface area contributed by atoms with Gasteiger partial charge in [0, 0.05) is 17.7 Å². The number of fused-ring (bicyclic) bond motifs is 1. The molecule has 0 radical (unpaired) electrons. The van der Waals surface area contributed by atoms with Crippen molar-refractivity contribution < 1.29 is 14.6 Å². The highest BCUT2D eigenvalue weighted by molar-refractivity contribution is 6.00. The van der Waals surface area contributed by atoms with Gasteiger partial charge >= 0.3 is 0 Å². The van der Waals surface area contributed by atoms with Gasteiger partial charge in [0.25, 0.3) is 5.91 Å². The zero-order valence-corrected chi connectivity index (χ0v) is 18.4. The molecule has 33 heavy (non-hydrogen) atoms. The molecule has 0 fully saturated rings. The lowest BCUT2D eigenvalue weighted by Crippen LogP contribution is -2.31. The van der Waals surface area contributed by atoms with Crippen LogP contribution in [0.3, 0.4) is 0 Å². The first-order chi connectivity index (χ1) is 16.2. The standard InChI is InChI=1S/C27H25N3O3/c1-2-33-20-14-12-19(13-15-20)26-23-24(21-10-6-7-11-22(21)31)28-29-25(23)27(32)30(26)17-16-18-8-4-3-5-9-18/h3-15,26,31H,2,16-17H2,1H3,(H,28,29)/t26-/m1/s1. The van der Waals surface area contributed by atoms with Crippen LogP contribution >= 0.6 is 0 Å². The van der Waals surface area contributed by atoms with Crippen molar-refractivity contribution >= 4 is 5.91 Å². The number of aromatic hydroxyl groups is 1. The quantitative estimate of drug-likeness (QED) is 0.426. The molecule has 1 amide bonds. The molecule has 0 saturated carbocycles. The monoisotopic (exact) mass is 439 g/mol. The fraction of sp³-hybridized carbons (Fsp3) is 0.185. The zero-order chi connectivity index (χ0) is 22.8. The lowest BCUT2D eigenvalue weighted by molar-refractivity contribution is 0.0746. The number of para-hydroxylation sites is 1. The summed E-state index contributed by atoms with van der Waals surface area (Å²) in [7, 11) is 0. The summed E-state index contributed by atoms with van der Waals surface area (Å²) in [6.07, 6.45) is 0.740. The Balaban J connectivity index is 1.57. The number of hydrogen-bond donors (Lipinski definition) is 2. The van der Waals surface area contributed by atoms with E-state index in [0.29, 0.717) is 30.1 Å². The Bertz CT molecular complexity index is 1270. The van der Waals surface area contributed by atoms with E-state index >= 15 is 0 Å². The molecule has 0 unspecified atom stereocenters.